The van der Waals surface area contributed by atoms with Gasteiger partial charge < -0.3 is 5.32 Å². The molecular formula is C17H14FN3OS. The zero-order chi connectivity index (χ0) is 16.4. The summed E-state index contributed by atoms with van der Waals surface area (Å²) in [5.41, 5.74) is 2.25. The fourth-order valence-corrected chi connectivity index (χ4v) is 3.08. The van der Waals surface area contributed by atoms with Crippen LogP contribution in [-0.4, -0.2) is 15.9 Å². The lowest BCUT2D eigenvalue weighted by atomic mass is 10.2. The molecule has 0 radical (unpaired) electrons. The summed E-state index contributed by atoms with van der Waals surface area (Å²) in [6, 6.07) is 11.5. The lowest BCUT2D eigenvalue weighted by Crippen LogP contribution is -2.12. The molecule has 0 aliphatic heterocycles. The van der Waals surface area contributed by atoms with E-state index in [4.69, 9.17) is 0 Å². The Morgan fingerprint density at radius 3 is 2.52 bits per heavy atom. The molecule has 0 saturated carbocycles. The van der Waals surface area contributed by atoms with Crippen molar-refractivity contribution in [2.45, 2.75) is 13.8 Å². The molecular weight excluding hydrogens is 313 g/mol. The van der Waals surface area contributed by atoms with E-state index in [1.807, 2.05) is 19.1 Å². The molecule has 0 atom stereocenters. The number of carbonyl (C=O) groups is 1. The Labute approximate surface area is 137 Å². The molecule has 0 bridgehead atoms. The van der Waals surface area contributed by atoms with Crippen LogP contribution < -0.4 is 5.32 Å². The molecule has 0 saturated heterocycles. The van der Waals surface area contributed by atoms with Gasteiger partial charge in [-0.25, -0.2) is 14.4 Å². The van der Waals surface area contributed by atoms with E-state index >= 15 is 0 Å². The molecule has 0 aliphatic carbocycles. The second-order valence-corrected chi connectivity index (χ2v) is 6.06. The average Bonchev–Trinajstić information content (AvgIpc) is 2.90. The van der Waals surface area contributed by atoms with E-state index in [0.717, 1.165) is 11.3 Å². The maximum atomic E-state index is 13.0. The van der Waals surface area contributed by atoms with Gasteiger partial charge in [-0.2, -0.15) is 0 Å². The second kappa shape index (κ2) is 6.26. The minimum absolute atomic E-state index is 0.244. The van der Waals surface area contributed by atoms with Gasteiger partial charge in [0.1, 0.15) is 21.5 Å². The normalized spacial score (nSPS) is 10.6. The first kappa shape index (κ1) is 15.3. The second-order valence-electron chi connectivity index (χ2n) is 5.06. The van der Waals surface area contributed by atoms with Crippen molar-refractivity contribution < 1.29 is 9.18 Å². The van der Waals surface area contributed by atoms with Crippen LogP contribution in [0.3, 0.4) is 0 Å². The number of aryl methyl sites for hydroxylation is 2. The number of hydrogen-bond donors (Lipinski definition) is 1. The van der Waals surface area contributed by atoms with Crippen molar-refractivity contribution >= 4 is 23.1 Å². The molecule has 0 fully saturated rings. The van der Waals surface area contributed by atoms with Gasteiger partial charge in [-0.3, -0.25) is 4.79 Å². The molecule has 1 aromatic carbocycles. The summed E-state index contributed by atoms with van der Waals surface area (Å²) in [6.07, 6.45) is 0. The Kier molecular flexibility index (Phi) is 4.16. The first-order valence-corrected chi connectivity index (χ1v) is 7.83. The molecule has 0 unspecified atom stereocenters. The SMILES string of the molecule is Cc1cccc(NC(=O)c2sc(-c3ccc(F)cc3)nc2C)n1. The third-order valence-electron chi connectivity index (χ3n) is 3.22. The van der Waals surface area contributed by atoms with Crippen molar-refractivity contribution in [3.05, 3.63) is 64.5 Å². The van der Waals surface area contributed by atoms with Crippen molar-refractivity contribution in [2.75, 3.05) is 5.32 Å². The number of halogens is 1. The highest BCUT2D eigenvalue weighted by atomic mass is 32.1. The van der Waals surface area contributed by atoms with Gasteiger partial charge >= 0.3 is 0 Å². The summed E-state index contributed by atoms with van der Waals surface area (Å²) in [5, 5.41) is 3.46. The number of pyridine rings is 1. The van der Waals surface area contributed by atoms with Crippen molar-refractivity contribution in [3.8, 4) is 10.6 Å². The molecule has 0 spiro atoms. The lowest BCUT2D eigenvalue weighted by molar-refractivity contribution is 0.102. The molecule has 116 valence electrons. The van der Waals surface area contributed by atoms with Crippen LogP contribution in [0.25, 0.3) is 10.6 Å². The number of aromatic nitrogens is 2. The molecule has 2 heterocycles. The van der Waals surface area contributed by atoms with E-state index < -0.39 is 0 Å². The van der Waals surface area contributed by atoms with Crippen molar-refractivity contribution in [1.29, 1.82) is 0 Å². The van der Waals surface area contributed by atoms with Gasteiger partial charge in [0.25, 0.3) is 5.91 Å². The van der Waals surface area contributed by atoms with Crippen LogP contribution in [0.1, 0.15) is 21.1 Å². The molecule has 2 aromatic heterocycles. The Hall–Kier alpha value is -2.60. The number of amides is 1. The zero-order valence-electron chi connectivity index (χ0n) is 12.6. The number of hydrogen-bond acceptors (Lipinski definition) is 4. The molecule has 1 amide bonds. The van der Waals surface area contributed by atoms with Gasteiger partial charge in [-0.15, -0.1) is 11.3 Å². The summed E-state index contributed by atoms with van der Waals surface area (Å²) in [6.45, 7) is 3.64. The van der Waals surface area contributed by atoms with E-state index in [0.29, 0.717) is 21.4 Å². The van der Waals surface area contributed by atoms with Gasteiger partial charge in [-0.1, -0.05) is 6.07 Å². The smallest absolute Gasteiger partial charge is 0.268 e. The summed E-state index contributed by atoms with van der Waals surface area (Å²) in [4.78, 5) is 21.6. The summed E-state index contributed by atoms with van der Waals surface area (Å²) in [7, 11) is 0. The topological polar surface area (TPSA) is 54.9 Å². The fraction of sp³-hybridized carbons (Fsp3) is 0.118. The van der Waals surface area contributed by atoms with Crippen molar-refractivity contribution in [1.82, 2.24) is 9.97 Å². The van der Waals surface area contributed by atoms with Gasteiger partial charge in [0, 0.05) is 11.3 Å². The van der Waals surface area contributed by atoms with Crippen LogP contribution >= 0.6 is 11.3 Å². The highest BCUT2D eigenvalue weighted by Crippen LogP contribution is 2.28. The Balaban J connectivity index is 1.85. The number of carbonyl (C=O) groups excluding carboxylic acids is 1. The van der Waals surface area contributed by atoms with Gasteiger partial charge in [-0.05, 0) is 50.2 Å². The molecule has 3 rings (SSSR count). The Morgan fingerprint density at radius 2 is 1.83 bits per heavy atom. The summed E-state index contributed by atoms with van der Waals surface area (Å²) < 4.78 is 13.0. The van der Waals surface area contributed by atoms with Gasteiger partial charge in [0.15, 0.2) is 0 Å². The van der Waals surface area contributed by atoms with Crippen LogP contribution in [-0.2, 0) is 0 Å². The monoisotopic (exact) mass is 327 g/mol. The molecule has 1 N–H and O–H groups in total. The molecule has 4 nitrogen and oxygen atoms in total. The standard InChI is InChI=1S/C17H14FN3OS/c1-10-4-3-5-14(19-10)21-16(22)15-11(2)20-17(23-15)12-6-8-13(18)9-7-12/h3-9H,1-2H3,(H,19,21,22). The van der Waals surface area contributed by atoms with E-state index in [-0.39, 0.29) is 11.7 Å². The third kappa shape index (κ3) is 3.43. The van der Waals surface area contributed by atoms with E-state index in [1.165, 1.54) is 23.5 Å². The van der Waals surface area contributed by atoms with Crippen molar-refractivity contribution in [2.24, 2.45) is 0 Å². The zero-order valence-corrected chi connectivity index (χ0v) is 13.4. The maximum absolute atomic E-state index is 13.0. The number of rotatable bonds is 3. The van der Waals surface area contributed by atoms with Crippen LogP contribution in [0.2, 0.25) is 0 Å². The number of thiazole rings is 1. The minimum Gasteiger partial charge on any atom is -0.306 e. The maximum Gasteiger partial charge on any atom is 0.268 e. The predicted molar refractivity (Wildman–Crippen MR) is 89.2 cm³/mol. The number of nitrogens with zero attached hydrogens (tertiary/aromatic N) is 2. The predicted octanol–water partition coefficient (Wildman–Crippen LogP) is 4.21. The third-order valence-corrected chi connectivity index (χ3v) is 4.43. The highest BCUT2D eigenvalue weighted by Gasteiger charge is 2.16. The molecule has 23 heavy (non-hydrogen) atoms. The Bertz CT molecular complexity index is 859. The fourth-order valence-electron chi connectivity index (χ4n) is 2.11. The van der Waals surface area contributed by atoms with Crippen LogP contribution in [0.4, 0.5) is 10.2 Å². The number of benzene rings is 1. The molecule has 6 heteroatoms. The van der Waals surface area contributed by atoms with Crippen LogP contribution in [0.5, 0.6) is 0 Å². The highest BCUT2D eigenvalue weighted by molar-refractivity contribution is 7.17. The van der Waals surface area contributed by atoms with Crippen LogP contribution in [0, 0.1) is 19.7 Å². The van der Waals surface area contributed by atoms with Gasteiger partial charge in [0.2, 0.25) is 0 Å². The largest absolute Gasteiger partial charge is 0.306 e. The van der Waals surface area contributed by atoms with Crippen LogP contribution in [0.15, 0.2) is 42.5 Å². The lowest BCUT2D eigenvalue weighted by Gasteiger charge is -2.03. The van der Waals surface area contributed by atoms with E-state index in [1.54, 1.807) is 25.1 Å². The quantitative estimate of drug-likeness (QED) is 0.784. The number of anilines is 1. The first-order valence-electron chi connectivity index (χ1n) is 7.01. The van der Waals surface area contributed by atoms with E-state index in [9.17, 15) is 9.18 Å². The Morgan fingerprint density at radius 1 is 1.09 bits per heavy atom. The van der Waals surface area contributed by atoms with Gasteiger partial charge in [0.05, 0.1) is 5.69 Å². The van der Waals surface area contributed by atoms with Crippen molar-refractivity contribution in [3.63, 3.8) is 0 Å². The summed E-state index contributed by atoms with van der Waals surface area (Å²) in [5.74, 6) is -0.0388. The molecule has 0 aliphatic rings. The minimum atomic E-state index is -0.300. The first-order chi connectivity index (χ1) is 11.0. The van der Waals surface area contributed by atoms with E-state index in [2.05, 4.69) is 15.3 Å². The summed E-state index contributed by atoms with van der Waals surface area (Å²) >= 11 is 1.28. The number of nitrogens with one attached hydrogen (secondary N) is 1. The average molecular weight is 327 g/mol. The molecule has 3 aromatic rings.